The number of anilines is 2. The van der Waals surface area contributed by atoms with Crippen LogP contribution in [0.3, 0.4) is 0 Å². The standard InChI is InChI=1S/C35H44F2N5O4/c1-22-17-29(40-32(18-22)41-31-19-26(33(36)37)11-14-38-31)27-7-10-30(39-20-27)35(3,45)28-8-5-25(6-9-28)34(44)46-21-42(4)15-12-24(13-16-42)23(2)43/h7,10-11,14,17-20,24-25,28,33,45H,5-6,8-9,12-13,15-16,21H2,1-4H3,(H,38,40,41)/q+1/t24?,25-,28-,35-,42?/m1/s1. The highest BCUT2D eigenvalue weighted by molar-refractivity contribution is 5.78. The predicted molar refractivity (Wildman–Crippen MR) is 170 cm³/mol. The number of hydrogen-bond acceptors (Lipinski definition) is 8. The molecule has 4 heterocycles. The van der Waals surface area contributed by atoms with E-state index in [0.29, 0.717) is 54.1 Å². The van der Waals surface area contributed by atoms with E-state index in [1.165, 1.54) is 18.3 Å². The SMILES string of the molecule is CC(=O)C1CC[N+](C)(COC(=O)[C@H]2CC[C@H]([C@@](C)(O)c3ccc(-c4cc(C)cc(Nc5cc(C(F)F)ccn5)n4)cn3)CC2)CC1. The average molecular weight is 637 g/mol. The molecule has 1 saturated carbocycles. The maximum Gasteiger partial charge on any atom is 0.313 e. The van der Waals surface area contributed by atoms with Gasteiger partial charge in [-0.05, 0) is 94.3 Å². The van der Waals surface area contributed by atoms with Crippen molar-refractivity contribution in [3.63, 3.8) is 0 Å². The summed E-state index contributed by atoms with van der Waals surface area (Å²) in [4.78, 5) is 38.0. The number of likely N-dealkylation sites (tertiary alicyclic amines) is 1. The Labute approximate surface area is 269 Å². The molecule has 5 rings (SSSR count). The molecule has 1 aliphatic carbocycles. The Morgan fingerprint density at radius 3 is 2.37 bits per heavy atom. The van der Waals surface area contributed by atoms with Crippen LogP contribution in [0.5, 0.6) is 0 Å². The van der Waals surface area contributed by atoms with Crippen LogP contribution in [0.4, 0.5) is 20.4 Å². The highest BCUT2D eigenvalue weighted by Crippen LogP contribution is 2.41. The van der Waals surface area contributed by atoms with Gasteiger partial charge < -0.3 is 15.2 Å². The van der Waals surface area contributed by atoms with Gasteiger partial charge >= 0.3 is 5.97 Å². The van der Waals surface area contributed by atoms with Crippen LogP contribution in [-0.2, 0) is 19.9 Å². The molecule has 0 amide bonds. The minimum atomic E-state index is -2.60. The zero-order valence-corrected chi connectivity index (χ0v) is 27.0. The van der Waals surface area contributed by atoms with Gasteiger partial charge in [-0.2, -0.15) is 0 Å². The molecule has 2 aliphatic rings. The first-order valence-electron chi connectivity index (χ1n) is 16.0. The number of pyridine rings is 3. The van der Waals surface area contributed by atoms with Crippen LogP contribution in [-0.4, -0.2) is 63.2 Å². The fourth-order valence-electron chi connectivity index (χ4n) is 6.67. The van der Waals surface area contributed by atoms with Gasteiger partial charge in [-0.1, -0.05) is 0 Å². The molecule has 2 fully saturated rings. The lowest BCUT2D eigenvalue weighted by atomic mass is 9.73. The number of aromatic nitrogens is 3. The van der Waals surface area contributed by atoms with Crippen LogP contribution in [0.2, 0.25) is 0 Å². The third-order valence-electron chi connectivity index (χ3n) is 9.82. The van der Waals surface area contributed by atoms with Crippen molar-refractivity contribution in [1.82, 2.24) is 15.0 Å². The van der Waals surface area contributed by atoms with Crippen molar-refractivity contribution in [1.29, 1.82) is 0 Å². The third-order valence-corrected chi connectivity index (χ3v) is 9.82. The first kappa shape index (κ1) is 33.5. The Bertz CT molecular complexity index is 1530. The summed E-state index contributed by atoms with van der Waals surface area (Å²) in [6.07, 6.45) is 4.72. The summed E-state index contributed by atoms with van der Waals surface area (Å²) in [5, 5.41) is 14.6. The molecule has 0 spiro atoms. The summed E-state index contributed by atoms with van der Waals surface area (Å²) in [6.45, 7) is 7.33. The lowest BCUT2D eigenvalue weighted by molar-refractivity contribution is -0.930. The monoisotopic (exact) mass is 636 g/mol. The molecule has 46 heavy (non-hydrogen) atoms. The van der Waals surface area contributed by atoms with Crippen molar-refractivity contribution in [3.8, 4) is 11.3 Å². The molecule has 246 valence electrons. The second-order valence-electron chi connectivity index (χ2n) is 13.5. The van der Waals surface area contributed by atoms with Gasteiger partial charge in [0, 0.05) is 42.3 Å². The number of ketones is 1. The van der Waals surface area contributed by atoms with Gasteiger partial charge in [-0.15, -0.1) is 0 Å². The number of hydrogen-bond donors (Lipinski definition) is 2. The predicted octanol–water partition coefficient (Wildman–Crippen LogP) is 6.49. The van der Waals surface area contributed by atoms with Crippen LogP contribution < -0.4 is 5.32 Å². The summed E-state index contributed by atoms with van der Waals surface area (Å²) in [7, 11) is 2.08. The van der Waals surface area contributed by atoms with E-state index in [1.54, 1.807) is 32.2 Å². The first-order chi connectivity index (χ1) is 21.8. The van der Waals surface area contributed by atoms with Gasteiger partial charge in [0.25, 0.3) is 6.43 Å². The number of nitrogens with zero attached hydrogens (tertiary/aromatic N) is 4. The van der Waals surface area contributed by atoms with Crippen molar-refractivity contribution in [3.05, 3.63) is 65.6 Å². The molecule has 0 radical (unpaired) electrons. The number of esters is 1. The molecule has 9 nitrogen and oxygen atoms in total. The fourth-order valence-corrected chi connectivity index (χ4v) is 6.67. The van der Waals surface area contributed by atoms with Crippen molar-refractivity contribution in [2.45, 2.75) is 71.3 Å². The number of alkyl halides is 2. The van der Waals surface area contributed by atoms with Gasteiger partial charge in [0.1, 0.15) is 23.0 Å². The molecule has 1 atom stereocenters. The highest BCUT2D eigenvalue weighted by atomic mass is 19.3. The summed E-state index contributed by atoms with van der Waals surface area (Å²) in [6, 6.07) is 9.95. The molecular weight excluding hydrogens is 592 g/mol. The number of aliphatic hydroxyl groups is 1. The van der Waals surface area contributed by atoms with Crippen LogP contribution in [0.25, 0.3) is 11.3 Å². The van der Waals surface area contributed by atoms with Crippen molar-refractivity contribution < 1.29 is 32.7 Å². The smallest absolute Gasteiger partial charge is 0.313 e. The lowest BCUT2D eigenvalue weighted by Gasteiger charge is -2.40. The molecule has 11 heteroatoms. The molecule has 1 aliphatic heterocycles. The summed E-state index contributed by atoms with van der Waals surface area (Å²) >= 11 is 0. The maximum absolute atomic E-state index is 13.1. The quantitative estimate of drug-likeness (QED) is 0.192. The summed E-state index contributed by atoms with van der Waals surface area (Å²) in [5.41, 5.74) is 1.55. The Balaban J connectivity index is 1.17. The van der Waals surface area contributed by atoms with E-state index in [1.807, 2.05) is 19.1 Å². The first-order valence-corrected chi connectivity index (χ1v) is 16.0. The average Bonchev–Trinajstić information content (AvgIpc) is 3.04. The topological polar surface area (TPSA) is 114 Å². The summed E-state index contributed by atoms with van der Waals surface area (Å²) in [5.74, 6) is 0.678. The number of quaternary nitrogens is 1. The second-order valence-corrected chi connectivity index (χ2v) is 13.5. The lowest BCUT2D eigenvalue weighted by Crippen LogP contribution is -2.52. The fraction of sp³-hybridized carbons (Fsp3) is 0.514. The Morgan fingerprint density at radius 2 is 1.74 bits per heavy atom. The number of aryl methyl sites for hydroxylation is 1. The summed E-state index contributed by atoms with van der Waals surface area (Å²) < 4.78 is 32.7. The van der Waals surface area contributed by atoms with Crippen LogP contribution >= 0.6 is 0 Å². The zero-order valence-electron chi connectivity index (χ0n) is 27.0. The van der Waals surface area contributed by atoms with E-state index in [0.717, 1.165) is 37.1 Å². The van der Waals surface area contributed by atoms with E-state index in [9.17, 15) is 23.5 Å². The Kier molecular flexibility index (Phi) is 10.1. The van der Waals surface area contributed by atoms with Crippen molar-refractivity contribution in [2.24, 2.45) is 17.8 Å². The van der Waals surface area contributed by atoms with Gasteiger partial charge in [0.2, 0.25) is 6.73 Å². The van der Waals surface area contributed by atoms with Gasteiger partial charge in [0.15, 0.2) is 0 Å². The molecule has 3 aromatic heterocycles. The van der Waals surface area contributed by atoms with E-state index < -0.39 is 12.0 Å². The van der Waals surface area contributed by atoms with Crippen molar-refractivity contribution in [2.75, 3.05) is 32.2 Å². The molecule has 2 N–H and O–H groups in total. The van der Waals surface area contributed by atoms with Crippen LogP contribution in [0.15, 0.2) is 48.8 Å². The largest absolute Gasteiger partial charge is 0.415 e. The molecular formula is C35H44F2N5O4+. The molecule has 3 aromatic rings. The molecule has 0 bridgehead atoms. The number of ether oxygens (including phenoxy) is 1. The second kappa shape index (κ2) is 13.9. The minimum Gasteiger partial charge on any atom is -0.415 e. The molecule has 0 unspecified atom stereocenters. The number of halogens is 2. The number of rotatable bonds is 10. The number of nitrogens with one attached hydrogen (secondary N) is 1. The van der Waals surface area contributed by atoms with E-state index >= 15 is 0 Å². The van der Waals surface area contributed by atoms with Gasteiger partial charge in [0.05, 0.1) is 37.4 Å². The Hall–Kier alpha value is -3.83. The van der Waals surface area contributed by atoms with Gasteiger partial charge in [-0.3, -0.25) is 19.1 Å². The Morgan fingerprint density at radius 1 is 1.02 bits per heavy atom. The van der Waals surface area contributed by atoms with E-state index in [4.69, 9.17) is 4.74 Å². The zero-order chi connectivity index (χ0) is 33.1. The van der Waals surface area contributed by atoms with E-state index in [2.05, 4.69) is 27.3 Å². The number of carbonyl (C=O) groups is 2. The molecule has 1 saturated heterocycles. The third kappa shape index (κ3) is 7.93. The molecule has 0 aromatic carbocycles. The van der Waals surface area contributed by atoms with Gasteiger partial charge in [-0.25, -0.2) is 18.7 Å². The number of piperidine rings is 1. The van der Waals surface area contributed by atoms with Crippen molar-refractivity contribution >= 4 is 23.4 Å². The van der Waals surface area contributed by atoms with E-state index in [-0.39, 0.29) is 40.9 Å². The maximum atomic E-state index is 13.1. The number of Topliss-reactive ketones (excluding diaryl/α,β-unsaturated/α-hetero) is 1. The normalized spacial score (nSPS) is 24.7. The minimum absolute atomic E-state index is 0.0607. The number of carbonyl (C=O) groups excluding carboxylic acids is 2. The van der Waals surface area contributed by atoms with Crippen LogP contribution in [0, 0.1) is 24.7 Å². The van der Waals surface area contributed by atoms with Crippen LogP contribution in [0.1, 0.15) is 75.6 Å². The highest BCUT2D eigenvalue weighted by Gasteiger charge is 2.40.